The van der Waals surface area contributed by atoms with Gasteiger partial charge in [0.05, 0.1) is 0 Å². The highest BCUT2D eigenvalue weighted by atomic mass is 16.6. The highest BCUT2D eigenvalue weighted by molar-refractivity contribution is 6.04. The van der Waals surface area contributed by atoms with E-state index in [0.29, 0.717) is 0 Å². The third kappa shape index (κ3) is 16.2. The average molecular weight is 259 g/mol. The standard InChI is InChI=1S/C5H6O3.C4H2O3.CH5N.CH4/c1-4(6)2-3-5(7)8;5-3-1-2-4(6)7-3;1-2;/h2-3H,1H3,(H,7,8);1-2H;2H2,1H3;1H4/b3-2-;;;. The van der Waals surface area contributed by atoms with Crippen molar-refractivity contribution in [3.05, 3.63) is 24.3 Å². The first-order valence-electron chi connectivity index (χ1n) is 4.35. The largest absolute Gasteiger partial charge is 0.478 e. The van der Waals surface area contributed by atoms with Crippen LogP contribution in [-0.2, 0) is 23.9 Å². The third-order valence-electron chi connectivity index (χ3n) is 1.02. The van der Waals surface area contributed by atoms with Crippen LogP contribution in [-0.4, -0.2) is 35.8 Å². The summed E-state index contributed by atoms with van der Waals surface area (Å²) >= 11 is 0. The fraction of sp³-hybridized carbons (Fsp3) is 0.273. The first-order valence-corrected chi connectivity index (χ1v) is 4.35. The molecule has 18 heavy (non-hydrogen) atoms. The molecule has 1 aliphatic rings. The van der Waals surface area contributed by atoms with Crippen LogP contribution in [0, 0.1) is 0 Å². The Morgan fingerprint density at radius 2 is 1.56 bits per heavy atom. The van der Waals surface area contributed by atoms with Crippen LogP contribution in [0.1, 0.15) is 14.4 Å². The van der Waals surface area contributed by atoms with Gasteiger partial charge in [-0.15, -0.1) is 0 Å². The average Bonchev–Trinajstić information content (AvgIpc) is 2.63. The van der Waals surface area contributed by atoms with Gasteiger partial charge in [-0.1, -0.05) is 7.43 Å². The Morgan fingerprint density at radius 3 is 1.67 bits per heavy atom. The zero-order chi connectivity index (χ0) is 13.8. The number of cyclic esters (lactones) is 2. The molecule has 0 spiro atoms. The number of esters is 2. The van der Waals surface area contributed by atoms with Gasteiger partial charge in [0.15, 0.2) is 5.78 Å². The number of rotatable bonds is 2. The first-order chi connectivity index (χ1) is 7.91. The summed E-state index contributed by atoms with van der Waals surface area (Å²) < 4.78 is 3.97. The van der Waals surface area contributed by atoms with Crippen molar-refractivity contribution >= 4 is 23.7 Å². The number of allylic oxidation sites excluding steroid dienone is 1. The van der Waals surface area contributed by atoms with Crippen LogP contribution in [0.4, 0.5) is 0 Å². The van der Waals surface area contributed by atoms with Crippen LogP contribution in [0.3, 0.4) is 0 Å². The number of ketones is 1. The summed E-state index contributed by atoms with van der Waals surface area (Å²) in [7, 11) is 1.50. The first kappa shape index (κ1) is 21.1. The monoisotopic (exact) mass is 259 g/mol. The van der Waals surface area contributed by atoms with E-state index in [4.69, 9.17) is 5.11 Å². The lowest BCUT2D eigenvalue weighted by Gasteiger charge is -1.80. The molecular formula is C11H17NO6. The number of aliphatic carboxylic acids is 1. The summed E-state index contributed by atoms with van der Waals surface area (Å²) in [5, 5.41) is 7.92. The normalized spacial score (nSPS) is 11.5. The molecule has 1 heterocycles. The van der Waals surface area contributed by atoms with Crippen molar-refractivity contribution in [3.8, 4) is 0 Å². The van der Waals surface area contributed by atoms with E-state index in [0.717, 1.165) is 24.3 Å². The molecule has 0 radical (unpaired) electrons. The molecule has 3 N–H and O–H groups in total. The topological polar surface area (TPSA) is 124 Å². The van der Waals surface area contributed by atoms with Gasteiger partial charge in [-0.3, -0.25) is 4.79 Å². The van der Waals surface area contributed by atoms with Crippen LogP contribution in [0.25, 0.3) is 0 Å². The number of carboxylic acids is 1. The highest BCUT2D eigenvalue weighted by Gasteiger charge is 2.10. The van der Waals surface area contributed by atoms with Gasteiger partial charge >= 0.3 is 17.9 Å². The molecule has 1 rings (SSSR count). The van der Waals surface area contributed by atoms with Crippen LogP contribution < -0.4 is 5.73 Å². The van der Waals surface area contributed by atoms with Crippen molar-refractivity contribution in [2.45, 2.75) is 14.4 Å². The van der Waals surface area contributed by atoms with Crippen molar-refractivity contribution in [1.82, 2.24) is 0 Å². The molecule has 0 unspecified atom stereocenters. The summed E-state index contributed by atoms with van der Waals surface area (Å²) in [5.74, 6) is -2.51. The second-order valence-electron chi connectivity index (χ2n) is 2.36. The molecule has 0 bridgehead atoms. The Balaban J connectivity index is -0.000000210. The van der Waals surface area contributed by atoms with E-state index >= 15 is 0 Å². The molecule has 7 nitrogen and oxygen atoms in total. The number of hydrogen-bond donors (Lipinski definition) is 2. The fourth-order valence-corrected chi connectivity index (χ4v) is 0.492. The van der Waals surface area contributed by atoms with Gasteiger partial charge in [0, 0.05) is 18.2 Å². The molecule has 0 amide bonds. The third-order valence-corrected chi connectivity index (χ3v) is 1.02. The Bertz CT molecular complexity index is 325. The zero-order valence-electron chi connectivity index (χ0n) is 9.38. The van der Waals surface area contributed by atoms with Gasteiger partial charge in [-0.05, 0) is 20.0 Å². The van der Waals surface area contributed by atoms with E-state index in [1.165, 1.54) is 14.0 Å². The van der Waals surface area contributed by atoms with E-state index in [-0.39, 0.29) is 13.2 Å². The van der Waals surface area contributed by atoms with Gasteiger partial charge in [0.2, 0.25) is 0 Å². The van der Waals surface area contributed by atoms with Crippen LogP contribution in [0.2, 0.25) is 0 Å². The Morgan fingerprint density at radius 1 is 1.17 bits per heavy atom. The van der Waals surface area contributed by atoms with E-state index < -0.39 is 17.9 Å². The molecule has 0 saturated carbocycles. The van der Waals surface area contributed by atoms with Gasteiger partial charge < -0.3 is 15.6 Å². The zero-order valence-corrected chi connectivity index (χ0v) is 9.38. The lowest BCUT2D eigenvalue weighted by Crippen LogP contribution is -1.96. The molecular weight excluding hydrogens is 242 g/mol. The molecule has 0 atom stereocenters. The predicted molar refractivity (Wildman–Crippen MR) is 64.5 cm³/mol. The van der Waals surface area contributed by atoms with Crippen molar-refractivity contribution in [3.63, 3.8) is 0 Å². The molecule has 102 valence electrons. The Labute approximate surface area is 105 Å². The number of carboxylic acid groups (broad SMARTS) is 1. The maximum absolute atomic E-state index is 10.00. The number of hydrogen-bond acceptors (Lipinski definition) is 6. The van der Waals surface area contributed by atoms with Crippen LogP contribution in [0.15, 0.2) is 24.3 Å². The second kappa shape index (κ2) is 12.8. The number of carbonyl (C=O) groups is 4. The molecule has 0 aliphatic carbocycles. The lowest BCUT2D eigenvalue weighted by atomic mass is 10.4. The van der Waals surface area contributed by atoms with Gasteiger partial charge in [0.1, 0.15) is 0 Å². The highest BCUT2D eigenvalue weighted by Crippen LogP contribution is 1.92. The molecule has 0 aromatic rings. The fourth-order valence-electron chi connectivity index (χ4n) is 0.492. The quantitative estimate of drug-likeness (QED) is 0.408. The predicted octanol–water partition coefficient (Wildman–Crippen LogP) is 0.0532. The summed E-state index contributed by atoms with van der Waals surface area (Å²) in [6.45, 7) is 1.29. The van der Waals surface area contributed by atoms with Crippen molar-refractivity contribution in [1.29, 1.82) is 0 Å². The van der Waals surface area contributed by atoms with E-state index in [9.17, 15) is 19.2 Å². The smallest absolute Gasteiger partial charge is 0.338 e. The SMILES string of the molecule is C.CC(=O)/C=C\C(=O)O.CN.O=C1C=CC(=O)O1. The van der Waals surface area contributed by atoms with Crippen molar-refractivity contribution in [2.24, 2.45) is 5.73 Å². The second-order valence-corrected chi connectivity index (χ2v) is 2.36. The number of ether oxygens (including phenoxy) is 1. The van der Waals surface area contributed by atoms with E-state index in [2.05, 4.69) is 10.5 Å². The maximum Gasteiger partial charge on any atom is 0.338 e. The summed E-state index contributed by atoms with van der Waals surface area (Å²) in [4.78, 5) is 39.5. The van der Waals surface area contributed by atoms with Crippen LogP contribution in [0.5, 0.6) is 0 Å². The number of carbonyl (C=O) groups excluding carboxylic acids is 3. The summed E-state index contributed by atoms with van der Waals surface area (Å²) in [6, 6.07) is 0. The molecule has 0 fully saturated rings. The lowest BCUT2D eigenvalue weighted by molar-refractivity contribution is -0.150. The summed E-state index contributed by atoms with van der Waals surface area (Å²) in [5.41, 5.74) is 4.50. The summed E-state index contributed by atoms with van der Waals surface area (Å²) in [6.07, 6.45) is 3.98. The van der Waals surface area contributed by atoms with Crippen LogP contribution >= 0.6 is 0 Å². The minimum absolute atomic E-state index is 0. The number of nitrogens with two attached hydrogens (primary N) is 1. The molecule has 0 aromatic carbocycles. The van der Waals surface area contributed by atoms with E-state index in [1.807, 2.05) is 0 Å². The Hall–Kier alpha value is -2.28. The molecule has 1 aliphatic heterocycles. The minimum Gasteiger partial charge on any atom is -0.478 e. The Kier molecular flexibility index (Phi) is 15.0. The van der Waals surface area contributed by atoms with Gasteiger partial charge in [-0.25, -0.2) is 14.4 Å². The van der Waals surface area contributed by atoms with E-state index in [1.54, 1.807) is 0 Å². The van der Waals surface area contributed by atoms with Gasteiger partial charge in [0.25, 0.3) is 0 Å². The van der Waals surface area contributed by atoms with Crippen molar-refractivity contribution < 1.29 is 29.0 Å². The molecule has 0 aromatic heterocycles. The molecule has 0 saturated heterocycles. The molecule has 7 heteroatoms. The minimum atomic E-state index is -1.10. The van der Waals surface area contributed by atoms with Gasteiger partial charge in [-0.2, -0.15) is 0 Å². The van der Waals surface area contributed by atoms with Crippen molar-refractivity contribution in [2.75, 3.05) is 7.05 Å². The maximum atomic E-state index is 10.00.